The van der Waals surface area contributed by atoms with Crippen molar-refractivity contribution in [1.82, 2.24) is 14.9 Å². The monoisotopic (exact) mass is 399 g/mol. The van der Waals surface area contributed by atoms with Crippen LogP contribution in [-0.4, -0.2) is 29.4 Å². The van der Waals surface area contributed by atoms with Crippen molar-refractivity contribution in [2.75, 3.05) is 13.9 Å². The Bertz CT molecular complexity index is 1020. The van der Waals surface area contributed by atoms with Gasteiger partial charge >= 0.3 is 0 Å². The topological polar surface area (TPSA) is 74.6 Å². The molecule has 0 radical (unpaired) electrons. The van der Waals surface area contributed by atoms with Crippen molar-refractivity contribution in [2.45, 2.75) is 6.04 Å². The van der Waals surface area contributed by atoms with E-state index in [-0.39, 0.29) is 12.7 Å². The Labute approximate surface area is 166 Å². The van der Waals surface area contributed by atoms with E-state index in [1.165, 1.54) is 0 Å². The number of rotatable bonds is 5. The molecule has 0 fully saturated rings. The van der Waals surface area contributed by atoms with Gasteiger partial charge in [-0.2, -0.15) is 0 Å². The molecule has 0 saturated carbocycles. The second-order valence-electron chi connectivity index (χ2n) is 6.27. The summed E-state index contributed by atoms with van der Waals surface area (Å²) >= 11 is 6.22. The van der Waals surface area contributed by atoms with Crippen LogP contribution in [0.15, 0.2) is 48.8 Å². The van der Waals surface area contributed by atoms with Crippen LogP contribution in [0.3, 0.4) is 0 Å². The number of amides is 1. The van der Waals surface area contributed by atoms with Crippen molar-refractivity contribution in [2.24, 2.45) is 7.05 Å². The summed E-state index contributed by atoms with van der Waals surface area (Å²) in [5.74, 6) is 2.04. The number of nitrogens with one attached hydrogen (secondary N) is 1. The highest BCUT2D eigenvalue weighted by Crippen LogP contribution is 2.40. The molecule has 1 aliphatic heterocycles. The van der Waals surface area contributed by atoms with Crippen LogP contribution in [0.4, 0.5) is 0 Å². The van der Waals surface area contributed by atoms with E-state index in [0.717, 1.165) is 11.3 Å². The number of carbonyl (C=O) groups is 1. The predicted octanol–water partition coefficient (Wildman–Crippen LogP) is 3.33. The highest BCUT2D eigenvalue weighted by Gasteiger charge is 2.25. The number of methoxy groups -OCH3 is 1. The molecule has 7 nitrogen and oxygen atoms in total. The van der Waals surface area contributed by atoms with Crippen LogP contribution in [0.5, 0.6) is 17.2 Å². The van der Waals surface area contributed by atoms with E-state index in [1.54, 1.807) is 25.4 Å². The van der Waals surface area contributed by atoms with Crippen LogP contribution in [0.1, 0.15) is 27.8 Å². The molecule has 0 bridgehead atoms. The van der Waals surface area contributed by atoms with Gasteiger partial charge in [-0.3, -0.25) is 4.79 Å². The lowest BCUT2D eigenvalue weighted by molar-refractivity contribution is 0.0940. The molecule has 1 amide bonds. The molecule has 2 heterocycles. The molecule has 144 valence electrons. The van der Waals surface area contributed by atoms with Crippen molar-refractivity contribution in [3.05, 3.63) is 70.8 Å². The minimum Gasteiger partial charge on any atom is -0.497 e. The predicted molar refractivity (Wildman–Crippen MR) is 103 cm³/mol. The maximum Gasteiger partial charge on any atom is 0.252 e. The van der Waals surface area contributed by atoms with Gasteiger partial charge in [-0.05, 0) is 29.8 Å². The first-order valence-corrected chi connectivity index (χ1v) is 8.96. The Morgan fingerprint density at radius 2 is 2.07 bits per heavy atom. The maximum atomic E-state index is 13.0. The zero-order valence-electron chi connectivity index (χ0n) is 15.3. The van der Waals surface area contributed by atoms with Crippen molar-refractivity contribution >= 4 is 17.5 Å². The highest BCUT2D eigenvalue weighted by atomic mass is 35.5. The molecule has 1 aromatic heterocycles. The molecule has 1 atom stereocenters. The van der Waals surface area contributed by atoms with Crippen LogP contribution >= 0.6 is 11.6 Å². The molecule has 0 saturated heterocycles. The lowest BCUT2D eigenvalue weighted by atomic mass is 10.0. The number of ether oxygens (including phenoxy) is 3. The number of fused-ring (bicyclic) bond motifs is 1. The molecule has 28 heavy (non-hydrogen) atoms. The van der Waals surface area contributed by atoms with Gasteiger partial charge in [0.2, 0.25) is 6.79 Å². The molecule has 8 heteroatoms. The summed E-state index contributed by atoms with van der Waals surface area (Å²) in [7, 11) is 3.48. The number of hydrogen-bond donors (Lipinski definition) is 1. The quantitative estimate of drug-likeness (QED) is 0.712. The van der Waals surface area contributed by atoms with E-state index in [0.29, 0.717) is 27.9 Å². The van der Waals surface area contributed by atoms with Crippen LogP contribution in [-0.2, 0) is 7.05 Å². The molecule has 1 N–H and O–H groups in total. The zero-order valence-corrected chi connectivity index (χ0v) is 16.1. The number of nitrogens with zero attached hydrogens (tertiary/aromatic N) is 2. The molecule has 3 aromatic rings. The molecular formula is C20H18ClN3O4. The number of hydrogen-bond acceptors (Lipinski definition) is 5. The average molecular weight is 400 g/mol. The number of halogens is 1. The standard InChI is InChI=1S/C20H18ClN3O4/c1-24-8-7-22-19(24)17(12-3-5-14(26-2)6-4-12)23-20(25)13-9-15(21)18-16(10-13)27-11-28-18/h3-10,17H,11H2,1-2H3,(H,23,25). The SMILES string of the molecule is COc1ccc(C(NC(=O)c2cc(Cl)c3c(c2)OCO3)c2nccn2C)cc1. The minimum atomic E-state index is -0.456. The summed E-state index contributed by atoms with van der Waals surface area (Å²) in [6.07, 6.45) is 3.52. The molecule has 1 aliphatic rings. The summed E-state index contributed by atoms with van der Waals surface area (Å²) < 4.78 is 17.7. The smallest absolute Gasteiger partial charge is 0.252 e. The number of imidazole rings is 1. The minimum absolute atomic E-state index is 0.0852. The number of aromatic nitrogens is 2. The second-order valence-corrected chi connectivity index (χ2v) is 6.68. The van der Waals surface area contributed by atoms with Gasteiger partial charge in [0.05, 0.1) is 12.1 Å². The van der Waals surface area contributed by atoms with Gasteiger partial charge < -0.3 is 24.1 Å². The van der Waals surface area contributed by atoms with Crippen LogP contribution < -0.4 is 19.5 Å². The molecular weight excluding hydrogens is 382 g/mol. The summed E-state index contributed by atoms with van der Waals surface area (Å²) in [5, 5.41) is 3.36. The third-order valence-electron chi connectivity index (χ3n) is 4.53. The van der Waals surface area contributed by atoms with Crippen LogP contribution in [0, 0.1) is 0 Å². The number of carbonyl (C=O) groups excluding carboxylic acids is 1. The third-order valence-corrected chi connectivity index (χ3v) is 4.81. The first kappa shape index (κ1) is 18.2. The Hall–Kier alpha value is -3.19. The summed E-state index contributed by atoms with van der Waals surface area (Å²) in [6.45, 7) is 0.0852. The van der Waals surface area contributed by atoms with Gasteiger partial charge in [-0.15, -0.1) is 0 Å². The van der Waals surface area contributed by atoms with Gasteiger partial charge in [0.25, 0.3) is 5.91 Å². The Morgan fingerprint density at radius 1 is 1.29 bits per heavy atom. The van der Waals surface area contributed by atoms with E-state index in [1.807, 2.05) is 42.1 Å². The summed E-state index contributed by atoms with van der Waals surface area (Å²) in [6, 6.07) is 10.2. The maximum absolute atomic E-state index is 13.0. The van der Waals surface area contributed by atoms with E-state index >= 15 is 0 Å². The molecule has 4 rings (SSSR count). The van der Waals surface area contributed by atoms with Gasteiger partial charge in [-0.25, -0.2) is 4.98 Å². The van der Waals surface area contributed by atoms with E-state index in [2.05, 4.69) is 10.3 Å². The first-order chi connectivity index (χ1) is 13.6. The van der Waals surface area contributed by atoms with Gasteiger partial charge in [0, 0.05) is 25.0 Å². The van der Waals surface area contributed by atoms with Crippen molar-refractivity contribution in [3.8, 4) is 17.2 Å². The fourth-order valence-corrected chi connectivity index (χ4v) is 3.33. The van der Waals surface area contributed by atoms with E-state index in [4.69, 9.17) is 25.8 Å². The zero-order chi connectivity index (χ0) is 19.7. The summed E-state index contributed by atoms with van der Waals surface area (Å²) in [4.78, 5) is 17.4. The fourth-order valence-electron chi connectivity index (χ4n) is 3.06. The molecule has 1 unspecified atom stereocenters. The fraction of sp³-hybridized carbons (Fsp3) is 0.200. The number of aryl methyl sites for hydroxylation is 1. The van der Waals surface area contributed by atoms with Crippen LogP contribution in [0.2, 0.25) is 5.02 Å². The van der Waals surface area contributed by atoms with Crippen LogP contribution in [0.25, 0.3) is 0 Å². The Morgan fingerprint density at radius 3 is 2.75 bits per heavy atom. The van der Waals surface area contributed by atoms with Crippen molar-refractivity contribution < 1.29 is 19.0 Å². The Balaban J connectivity index is 1.67. The lowest BCUT2D eigenvalue weighted by Gasteiger charge is -2.20. The third kappa shape index (κ3) is 3.36. The van der Waals surface area contributed by atoms with Gasteiger partial charge in [-0.1, -0.05) is 23.7 Å². The largest absolute Gasteiger partial charge is 0.497 e. The van der Waals surface area contributed by atoms with E-state index in [9.17, 15) is 4.79 Å². The van der Waals surface area contributed by atoms with Crippen molar-refractivity contribution in [3.63, 3.8) is 0 Å². The number of benzene rings is 2. The first-order valence-electron chi connectivity index (χ1n) is 8.58. The lowest BCUT2D eigenvalue weighted by Crippen LogP contribution is -2.31. The normalized spacial score (nSPS) is 13.2. The molecule has 2 aromatic carbocycles. The highest BCUT2D eigenvalue weighted by molar-refractivity contribution is 6.32. The average Bonchev–Trinajstić information content (AvgIpc) is 3.35. The molecule has 0 spiro atoms. The molecule has 0 aliphatic carbocycles. The summed E-state index contributed by atoms with van der Waals surface area (Å²) in [5.41, 5.74) is 1.25. The Kier molecular flexibility index (Phi) is 4.83. The van der Waals surface area contributed by atoms with E-state index < -0.39 is 6.04 Å². The van der Waals surface area contributed by atoms with Gasteiger partial charge in [0.15, 0.2) is 11.5 Å². The second kappa shape index (κ2) is 7.44. The van der Waals surface area contributed by atoms with Gasteiger partial charge in [0.1, 0.15) is 17.6 Å². The van der Waals surface area contributed by atoms with Crippen molar-refractivity contribution in [1.29, 1.82) is 0 Å².